The highest BCUT2D eigenvalue weighted by Crippen LogP contribution is 2.34. The third-order valence-electron chi connectivity index (χ3n) is 4.20. The van der Waals surface area contributed by atoms with E-state index in [1.165, 1.54) is 5.56 Å². The van der Waals surface area contributed by atoms with Crippen LogP contribution in [0.1, 0.15) is 30.0 Å². The molecular formula is C22H31BrN2O3. The van der Waals surface area contributed by atoms with Gasteiger partial charge >= 0.3 is 0 Å². The van der Waals surface area contributed by atoms with Crippen LogP contribution in [0.2, 0.25) is 0 Å². The average molecular weight is 451 g/mol. The molecule has 0 unspecified atom stereocenters. The lowest BCUT2D eigenvalue weighted by molar-refractivity contribution is 0.268. The molecule has 0 saturated heterocycles. The summed E-state index contributed by atoms with van der Waals surface area (Å²) in [7, 11) is 0. The molecule has 5 nitrogen and oxygen atoms in total. The van der Waals surface area contributed by atoms with Gasteiger partial charge in [0.15, 0.2) is 11.5 Å². The first-order chi connectivity index (χ1) is 13.6. The number of hydrogen-bond donors (Lipinski definition) is 3. The van der Waals surface area contributed by atoms with Crippen LogP contribution in [0, 0.1) is 6.92 Å². The number of nitrogens with one attached hydrogen (secondary N) is 2. The molecule has 0 aliphatic carbocycles. The molecule has 0 bridgehead atoms. The summed E-state index contributed by atoms with van der Waals surface area (Å²) in [6.45, 7) is 8.52. The Balaban J connectivity index is 1.94. The summed E-state index contributed by atoms with van der Waals surface area (Å²) in [6.07, 6.45) is 1.01. The van der Waals surface area contributed by atoms with Gasteiger partial charge in [0, 0.05) is 17.6 Å². The number of halogens is 1. The first-order valence-electron chi connectivity index (χ1n) is 9.80. The van der Waals surface area contributed by atoms with Crippen LogP contribution in [0.25, 0.3) is 0 Å². The van der Waals surface area contributed by atoms with Crippen molar-refractivity contribution >= 4 is 15.9 Å². The average Bonchev–Trinajstić information content (AvgIpc) is 2.68. The summed E-state index contributed by atoms with van der Waals surface area (Å²) in [6, 6.07) is 12.3. The molecule has 0 fully saturated rings. The number of aliphatic hydroxyl groups excluding tert-OH is 1. The van der Waals surface area contributed by atoms with E-state index in [0.29, 0.717) is 19.8 Å². The Kier molecular flexibility index (Phi) is 10.4. The number of aliphatic hydroxyl groups is 1. The number of aryl methyl sites for hydroxylation is 1. The summed E-state index contributed by atoms with van der Waals surface area (Å²) in [5.74, 6) is 1.51. The van der Waals surface area contributed by atoms with Gasteiger partial charge in [-0.05, 0) is 56.6 Å². The lowest BCUT2D eigenvalue weighted by atomic mass is 10.1. The molecule has 0 heterocycles. The summed E-state index contributed by atoms with van der Waals surface area (Å²) in [4.78, 5) is 0. The molecule has 0 spiro atoms. The van der Waals surface area contributed by atoms with Crippen molar-refractivity contribution in [3.63, 3.8) is 0 Å². The minimum Gasteiger partial charge on any atom is -0.490 e. The SMILES string of the molecule is CCOc1cc(CNCCCNCCO)c(Br)cc1OCc1cccc(C)c1. The zero-order valence-electron chi connectivity index (χ0n) is 16.8. The van der Waals surface area contributed by atoms with Gasteiger partial charge in [-0.3, -0.25) is 0 Å². The number of ether oxygens (including phenoxy) is 2. The van der Waals surface area contributed by atoms with E-state index < -0.39 is 0 Å². The molecule has 2 aromatic carbocycles. The molecule has 6 heteroatoms. The maximum absolute atomic E-state index is 8.75. The maximum atomic E-state index is 8.75. The van der Waals surface area contributed by atoms with Crippen LogP contribution < -0.4 is 20.1 Å². The molecule has 3 N–H and O–H groups in total. The Hall–Kier alpha value is -1.60. The molecular weight excluding hydrogens is 420 g/mol. The highest BCUT2D eigenvalue weighted by molar-refractivity contribution is 9.10. The van der Waals surface area contributed by atoms with E-state index in [1.807, 2.05) is 25.1 Å². The van der Waals surface area contributed by atoms with Gasteiger partial charge in [0.25, 0.3) is 0 Å². The Morgan fingerprint density at radius 1 is 1.00 bits per heavy atom. The Morgan fingerprint density at radius 2 is 1.79 bits per heavy atom. The molecule has 0 aliphatic rings. The maximum Gasteiger partial charge on any atom is 0.162 e. The smallest absolute Gasteiger partial charge is 0.162 e. The molecule has 28 heavy (non-hydrogen) atoms. The predicted octanol–water partition coefficient (Wildman–Crippen LogP) is 3.80. The highest BCUT2D eigenvalue weighted by atomic mass is 79.9. The second-order valence-electron chi connectivity index (χ2n) is 6.61. The van der Waals surface area contributed by atoms with Crippen molar-refractivity contribution in [2.45, 2.75) is 33.4 Å². The van der Waals surface area contributed by atoms with Crippen molar-refractivity contribution in [2.24, 2.45) is 0 Å². The molecule has 154 valence electrons. The van der Waals surface area contributed by atoms with Crippen molar-refractivity contribution in [1.82, 2.24) is 10.6 Å². The van der Waals surface area contributed by atoms with Crippen LogP contribution in [0.5, 0.6) is 11.5 Å². The minimum atomic E-state index is 0.179. The van der Waals surface area contributed by atoms with Crippen molar-refractivity contribution in [2.75, 3.05) is 32.8 Å². The van der Waals surface area contributed by atoms with Crippen LogP contribution in [-0.4, -0.2) is 38.0 Å². The van der Waals surface area contributed by atoms with Gasteiger partial charge in [-0.25, -0.2) is 0 Å². The van der Waals surface area contributed by atoms with Crippen LogP contribution in [-0.2, 0) is 13.2 Å². The van der Waals surface area contributed by atoms with Gasteiger partial charge in [0.2, 0.25) is 0 Å². The fourth-order valence-corrected chi connectivity index (χ4v) is 3.28. The second-order valence-corrected chi connectivity index (χ2v) is 7.46. The molecule has 0 aliphatic heterocycles. The molecule has 0 aromatic heterocycles. The van der Waals surface area contributed by atoms with Crippen molar-refractivity contribution in [3.8, 4) is 11.5 Å². The lowest BCUT2D eigenvalue weighted by Crippen LogP contribution is -2.24. The van der Waals surface area contributed by atoms with E-state index in [4.69, 9.17) is 14.6 Å². The fraction of sp³-hybridized carbons (Fsp3) is 0.455. The first kappa shape index (κ1) is 22.7. The van der Waals surface area contributed by atoms with E-state index in [2.05, 4.69) is 51.7 Å². The fourth-order valence-electron chi connectivity index (χ4n) is 2.82. The van der Waals surface area contributed by atoms with Gasteiger partial charge in [0.05, 0.1) is 13.2 Å². The Bertz CT molecular complexity index is 725. The largest absolute Gasteiger partial charge is 0.490 e. The zero-order valence-corrected chi connectivity index (χ0v) is 18.3. The van der Waals surface area contributed by atoms with E-state index in [1.54, 1.807) is 0 Å². The van der Waals surface area contributed by atoms with Crippen LogP contribution in [0.15, 0.2) is 40.9 Å². The van der Waals surface area contributed by atoms with E-state index in [-0.39, 0.29) is 6.61 Å². The van der Waals surface area contributed by atoms with Gasteiger partial charge in [-0.2, -0.15) is 0 Å². The third kappa shape index (κ3) is 7.80. The monoisotopic (exact) mass is 450 g/mol. The standard InChI is InChI=1S/C22H31BrN2O3/c1-3-27-21-13-19(15-25-9-5-8-24-10-11-26)20(23)14-22(21)28-16-18-7-4-6-17(2)12-18/h4,6-7,12-14,24-26H,3,5,8-11,15-16H2,1-2H3. The van der Waals surface area contributed by atoms with Crippen molar-refractivity contribution in [3.05, 3.63) is 57.6 Å². The Morgan fingerprint density at radius 3 is 2.54 bits per heavy atom. The van der Waals surface area contributed by atoms with Crippen LogP contribution in [0.3, 0.4) is 0 Å². The predicted molar refractivity (Wildman–Crippen MR) is 117 cm³/mol. The summed E-state index contributed by atoms with van der Waals surface area (Å²) in [5, 5.41) is 15.4. The van der Waals surface area contributed by atoms with E-state index in [0.717, 1.165) is 53.2 Å². The third-order valence-corrected chi connectivity index (χ3v) is 4.94. The molecule has 0 amide bonds. The van der Waals surface area contributed by atoms with Crippen molar-refractivity contribution in [1.29, 1.82) is 0 Å². The van der Waals surface area contributed by atoms with Gasteiger partial charge in [0.1, 0.15) is 6.61 Å². The Labute approximate surface area is 176 Å². The number of hydrogen-bond acceptors (Lipinski definition) is 5. The second kappa shape index (κ2) is 12.8. The minimum absolute atomic E-state index is 0.179. The van der Waals surface area contributed by atoms with Crippen LogP contribution >= 0.6 is 15.9 Å². The van der Waals surface area contributed by atoms with Gasteiger partial charge in [-0.15, -0.1) is 0 Å². The molecule has 0 atom stereocenters. The van der Waals surface area contributed by atoms with E-state index >= 15 is 0 Å². The molecule has 0 radical (unpaired) electrons. The molecule has 2 rings (SSSR count). The van der Waals surface area contributed by atoms with Gasteiger partial charge in [-0.1, -0.05) is 45.8 Å². The lowest BCUT2D eigenvalue weighted by Gasteiger charge is -2.16. The first-order valence-corrected chi connectivity index (χ1v) is 10.6. The summed E-state index contributed by atoms with van der Waals surface area (Å²) in [5.41, 5.74) is 3.49. The van der Waals surface area contributed by atoms with E-state index in [9.17, 15) is 0 Å². The summed E-state index contributed by atoms with van der Waals surface area (Å²) >= 11 is 3.66. The van der Waals surface area contributed by atoms with Gasteiger partial charge < -0.3 is 25.2 Å². The molecule has 0 saturated carbocycles. The number of rotatable bonds is 13. The normalized spacial score (nSPS) is 10.9. The van der Waals surface area contributed by atoms with Crippen molar-refractivity contribution < 1.29 is 14.6 Å². The number of benzene rings is 2. The zero-order chi connectivity index (χ0) is 20.2. The topological polar surface area (TPSA) is 62.8 Å². The summed E-state index contributed by atoms with van der Waals surface area (Å²) < 4.78 is 12.9. The quantitative estimate of drug-likeness (QED) is 0.405. The van der Waals surface area contributed by atoms with Crippen LogP contribution in [0.4, 0.5) is 0 Å². The molecule has 2 aromatic rings. The highest BCUT2D eigenvalue weighted by Gasteiger charge is 2.11.